The van der Waals surface area contributed by atoms with Crippen molar-refractivity contribution < 1.29 is 18.2 Å². The first-order chi connectivity index (χ1) is 15.9. The minimum atomic E-state index is -1.63. The highest BCUT2D eigenvalue weighted by Gasteiger charge is 2.32. The van der Waals surface area contributed by atoms with E-state index in [0.717, 1.165) is 6.42 Å². The second-order valence-electron chi connectivity index (χ2n) is 8.37. The second kappa shape index (κ2) is 9.67. The maximum atomic E-state index is 14.5. The molecule has 4 rings (SSSR count). The number of carbonyl (C=O) groups is 2. The summed E-state index contributed by atoms with van der Waals surface area (Å²) in [6.45, 7) is 4.63. The van der Waals surface area contributed by atoms with Crippen LogP contribution in [-0.4, -0.2) is 22.6 Å². The maximum Gasteiger partial charge on any atom is 0.259 e. The molecule has 0 aliphatic carbocycles. The highest BCUT2D eigenvalue weighted by atomic mass is 32.2. The molecule has 1 atom stereocenters. The molecule has 1 aliphatic rings. The molecule has 0 saturated carbocycles. The van der Waals surface area contributed by atoms with Crippen LogP contribution >= 0.6 is 0 Å². The molecule has 1 heterocycles. The van der Waals surface area contributed by atoms with Gasteiger partial charge in [-0.3, -0.25) is 9.59 Å². The Morgan fingerprint density at radius 1 is 1.03 bits per heavy atom. The number of carbonyl (C=O) groups excluding carboxylic acids is 2. The molecule has 7 heteroatoms. The summed E-state index contributed by atoms with van der Waals surface area (Å²) in [5, 5.41) is 2.89. The Balaban J connectivity index is 1.79. The number of anilines is 1. The van der Waals surface area contributed by atoms with Gasteiger partial charge in [-0.05, 0) is 48.7 Å². The molecule has 33 heavy (non-hydrogen) atoms. The highest BCUT2D eigenvalue weighted by molar-refractivity contribution is 7.85. The molecule has 5 nitrogen and oxygen atoms in total. The van der Waals surface area contributed by atoms with E-state index in [1.165, 1.54) is 11.0 Å². The van der Waals surface area contributed by atoms with Crippen LogP contribution in [0, 0.1) is 11.7 Å². The quantitative estimate of drug-likeness (QED) is 0.563. The van der Waals surface area contributed by atoms with Gasteiger partial charge in [0.05, 0.1) is 38.4 Å². The Morgan fingerprint density at radius 3 is 2.52 bits per heavy atom. The van der Waals surface area contributed by atoms with Crippen molar-refractivity contribution in [3.05, 3.63) is 89.2 Å². The first-order valence-electron chi connectivity index (χ1n) is 10.8. The maximum absolute atomic E-state index is 14.5. The lowest BCUT2D eigenvalue weighted by Crippen LogP contribution is -2.31. The number of nitrogens with zero attached hydrogens (tertiary/aromatic N) is 1. The lowest BCUT2D eigenvalue weighted by atomic mass is 10.1. The summed E-state index contributed by atoms with van der Waals surface area (Å²) in [5.41, 5.74) is 1.32. The van der Waals surface area contributed by atoms with Crippen molar-refractivity contribution in [1.82, 2.24) is 5.32 Å². The molecule has 0 bridgehead atoms. The molecule has 0 saturated heterocycles. The van der Waals surface area contributed by atoms with Crippen LogP contribution in [0.5, 0.6) is 0 Å². The number of rotatable bonds is 6. The molecule has 170 valence electrons. The standard InChI is InChI=1S/C26H25FN2O3S/c1-17(2)13-14-28-25(30)18-11-12-24-22(15-18)29(16-19-7-3-5-9-21(19)27)26(31)20-8-4-6-10-23(20)33(24)32/h3-12,15,17H,13-14,16H2,1-2H3,(H,28,30)/t33-/m1/s1. The Morgan fingerprint density at radius 2 is 1.76 bits per heavy atom. The Bertz CT molecular complexity index is 1240. The molecule has 0 radical (unpaired) electrons. The van der Waals surface area contributed by atoms with Gasteiger partial charge in [-0.1, -0.05) is 44.2 Å². The average Bonchev–Trinajstić information content (AvgIpc) is 2.89. The number of hydrogen-bond donors (Lipinski definition) is 1. The number of amides is 2. The van der Waals surface area contributed by atoms with Crippen LogP contribution in [0.4, 0.5) is 10.1 Å². The predicted molar refractivity (Wildman–Crippen MR) is 126 cm³/mol. The second-order valence-corrected chi connectivity index (χ2v) is 9.79. The summed E-state index contributed by atoms with van der Waals surface area (Å²) >= 11 is 0. The van der Waals surface area contributed by atoms with E-state index in [4.69, 9.17) is 0 Å². The Hall–Kier alpha value is -3.32. The van der Waals surface area contributed by atoms with Gasteiger partial charge in [0.2, 0.25) is 0 Å². The topological polar surface area (TPSA) is 66.5 Å². The first kappa shape index (κ1) is 22.9. The average molecular weight is 465 g/mol. The zero-order valence-electron chi connectivity index (χ0n) is 18.5. The number of fused-ring (bicyclic) bond motifs is 2. The molecule has 1 aliphatic heterocycles. The molecule has 0 aromatic heterocycles. The minimum absolute atomic E-state index is 0.0531. The fourth-order valence-electron chi connectivity index (χ4n) is 3.73. The fourth-order valence-corrected chi connectivity index (χ4v) is 5.08. The van der Waals surface area contributed by atoms with Crippen molar-refractivity contribution in [2.75, 3.05) is 11.4 Å². The summed E-state index contributed by atoms with van der Waals surface area (Å²) in [4.78, 5) is 28.5. The van der Waals surface area contributed by atoms with Crippen LogP contribution in [0.3, 0.4) is 0 Å². The van der Waals surface area contributed by atoms with Gasteiger partial charge < -0.3 is 10.2 Å². The summed E-state index contributed by atoms with van der Waals surface area (Å²) in [7, 11) is -1.63. The third-order valence-corrected chi connectivity index (χ3v) is 7.07. The molecule has 3 aromatic carbocycles. The SMILES string of the molecule is CC(C)CCNC(=O)c1ccc2c(c1)N(Cc1ccccc1F)C(=O)c1ccccc1[S@]2=O. The van der Waals surface area contributed by atoms with E-state index >= 15 is 0 Å². The van der Waals surface area contributed by atoms with Crippen LogP contribution in [0.2, 0.25) is 0 Å². The predicted octanol–water partition coefficient (Wildman–Crippen LogP) is 4.93. The Kier molecular flexibility index (Phi) is 6.70. The first-order valence-corrected chi connectivity index (χ1v) is 12.0. The van der Waals surface area contributed by atoms with Gasteiger partial charge in [-0.2, -0.15) is 0 Å². The van der Waals surface area contributed by atoms with Crippen molar-refractivity contribution in [2.24, 2.45) is 5.92 Å². The van der Waals surface area contributed by atoms with E-state index in [-0.39, 0.29) is 12.5 Å². The van der Waals surface area contributed by atoms with Gasteiger partial charge in [-0.15, -0.1) is 0 Å². The molecule has 3 aromatic rings. The summed E-state index contributed by atoms with van der Waals surface area (Å²) in [5.74, 6) is -0.650. The van der Waals surface area contributed by atoms with Gasteiger partial charge in [0.1, 0.15) is 5.82 Å². The van der Waals surface area contributed by atoms with Crippen LogP contribution in [0.25, 0.3) is 0 Å². The lowest BCUT2D eigenvalue weighted by Gasteiger charge is -2.24. The monoisotopic (exact) mass is 464 g/mol. The van der Waals surface area contributed by atoms with Crippen LogP contribution in [0.1, 0.15) is 46.5 Å². The number of halogens is 1. The van der Waals surface area contributed by atoms with Gasteiger partial charge in [0.15, 0.2) is 0 Å². The third kappa shape index (κ3) is 4.73. The van der Waals surface area contributed by atoms with E-state index in [2.05, 4.69) is 19.2 Å². The zero-order valence-corrected chi connectivity index (χ0v) is 19.3. The van der Waals surface area contributed by atoms with E-state index in [9.17, 15) is 18.2 Å². The van der Waals surface area contributed by atoms with Crippen molar-refractivity contribution in [3.63, 3.8) is 0 Å². The van der Waals surface area contributed by atoms with Crippen LogP contribution < -0.4 is 10.2 Å². The van der Waals surface area contributed by atoms with Gasteiger partial charge in [0, 0.05) is 17.7 Å². The minimum Gasteiger partial charge on any atom is -0.352 e. The van der Waals surface area contributed by atoms with E-state index < -0.39 is 22.5 Å². The molecular formula is C26H25FN2O3S. The summed E-state index contributed by atoms with van der Waals surface area (Å²) in [6, 6.07) is 17.7. The molecule has 2 amide bonds. The Labute approximate surface area is 195 Å². The number of benzene rings is 3. The zero-order chi connectivity index (χ0) is 23.5. The molecule has 0 fully saturated rings. The van der Waals surface area contributed by atoms with Gasteiger partial charge in [-0.25, -0.2) is 8.60 Å². The fraction of sp³-hybridized carbons (Fsp3) is 0.231. The van der Waals surface area contributed by atoms with Crippen molar-refractivity contribution in [1.29, 1.82) is 0 Å². The van der Waals surface area contributed by atoms with E-state index in [1.807, 2.05) is 0 Å². The molecular weight excluding hydrogens is 439 g/mol. The van der Waals surface area contributed by atoms with E-state index in [1.54, 1.807) is 60.7 Å². The number of nitrogens with one attached hydrogen (secondary N) is 1. The highest BCUT2D eigenvalue weighted by Crippen LogP contribution is 2.36. The van der Waals surface area contributed by atoms with E-state index in [0.29, 0.717) is 44.6 Å². The van der Waals surface area contributed by atoms with Crippen molar-refractivity contribution in [2.45, 2.75) is 36.6 Å². The van der Waals surface area contributed by atoms with Crippen LogP contribution in [-0.2, 0) is 17.3 Å². The molecule has 1 N–H and O–H groups in total. The lowest BCUT2D eigenvalue weighted by molar-refractivity contribution is 0.0948. The number of hydrogen-bond acceptors (Lipinski definition) is 3. The summed E-state index contributed by atoms with van der Waals surface area (Å²) < 4.78 is 27.9. The molecule has 0 unspecified atom stereocenters. The van der Waals surface area contributed by atoms with Crippen molar-refractivity contribution in [3.8, 4) is 0 Å². The van der Waals surface area contributed by atoms with Crippen LogP contribution in [0.15, 0.2) is 76.5 Å². The van der Waals surface area contributed by atoms with Gasteiger partial charge in [0.25, 0.3) is 11.8 Å². The van der Waals surface area contributed by atoms with Gasteiger partial charge >= 0.3 is 0 Å². The normalized spacial score (nSPS) is 15.1. The smallest absolute Gasteiger partial charge is 0.259 e. The molecule has 0 spiro atoms. The third-order valence-electron chi connectivity index (χ3n) is 5.57. The van der Waals surface area contributed by atoms with Crippen molar-refractivity contribution >= 4 is 28.3 Å². The summed E-state index contributed by atoms with van der Waals surface area (Å²) in [6.07, 6.45) is 0.841. The largest absolute Gasteiger partial charge is 0.352 e.